The van der Waals surface area contributed by atoms with Crippen LogP contribution in [0.25, 0.3) is 0 Å². The highest BCUT2D eigenvalue weighted by atomic mass is 16.5. The summed E-state index contributed by atoms with van der Waals surface area (Å²) in [6.07, 6.45) is 2.38. The van der Waals surface area contributed by atoms with Crippen LogP contribution in [-0.4, -0.2) is 25.7 Å². The molecule has 0 aromatic heterocycles. The molecule has 2 aliphatic rings. The molecule has 2 bridgehead atoms. The van der Waals surface area contributed by atoms with Gasteiger partial charge in [0.25, 0.3) is 0 Å². The second-order valence-electron chi connectivity index (χ2n) is 5.71. The van der Waals surface area contributed by atoms with Gasteiger partial charge in [0.1, 0.15) is 0 Å². The quantitative estimate of drug-likeness (QED) is 0.746. The molecule has 5 atom stereocenters. The Bertz CT molecular complexity index is 277. The molecule has 0 radical (unpaired) electrons. The Morgan fingerprint density at radius 1 is 1.29 bits per heavy atom. The van der Waals surface area contributed by atoms with Gasteiger partial charge in [0.15, 0.2) is 0 Å². The zero-order valence-corrected chi connectivity index (χ0v) is 11.2. The maximum atomic E-state index is 12.1. The number of carbonyl (C=O) groups is 1. The fourth-order valence-corrected chi connectivity index (χ4v) is 3.76. The van der Waals surface area contributed by atoms with Gasteiger partial charge in [-0.05, 0) is 43.4 Å². The van der Waals surface area contributed by atoms with Crippen LogP contribution in [0.4, 0.5) is 0 Å². The molecule has 2 saturated carbocycles. The first-order chi connectivity index (χ1) is 8.15. The summed E-state index contributed by atoms with van der Waals surface area (Å²) < 4.78 is 5.23. The predicted octanol–water partition coefficient (Wildman–Crippen LogP) is 2.07. The van der Waals surface area contributed by atoms with Crippen LogP contribution in [0.15, 0.2) is 0 Å². The summed E-state index contributed by atoms with van der Waals surface area (Å²) in [5, 5.41) is 3.02. The number of fused-ring (bicyclic) bond motifs is 2. The highest BCUT2D eigenvalue weighted by Crippen LogP contribution is 2.54. The molecule has 0 saturated heterocycles. The lowest BCUT2D eigenvalue weighted by molar-refractivity contribution is -0.127. The van der Waals surface area contributed by atoms with Crippen molar-refractivity contribution in [2.45, 2.75) is 33.6 Å². The molecule has 0 aromatic carbocycles. The van der Waals surface area contributed by atoms with Gasteiger partial charge < -0.3 is 10.1 Å². The Balaban J connectivity index is 1.78. The van der Waals surface area contributed by atoms with Crippen molar-refractivity contribution in [3.05, 3.63) is 0 Å². The summed E-state index contributed by atoms with van der Waals surface area (Å²) in [5.41, 5.74) is 0. The molecular weight excluding hydrogens is 214 g/mol. The zero-order valence-electron chi connectivity index (χ0n) is 11.2. The van der Waals surface area contributed by atoms with E-state index in [1.807, 2.05) is 6.92 Å². The maximum absolute atomic E-state index is 12.1. The van der Waals surface area contributed by atoms with Crippen molar-refractivity contribution in [2.75, 3.05) is 19.8 Å². The number of carbonyl (C=O) groups excluding carboxylic acids is 1. The topological polar surface area (TPSA) is 38.3 Å². The number of ether oxygens (including phenoxy) is 1. The Labute approximate surface area is 104 Å². The van der Waals surface area contributed by atoms with E-state index in [4.69, 9.17) is 4.74 Å². The van der Waals surface area contributed by atoms with Crippen molar-refractivity contribution >= 4 is 5.91 Å². The van der Waals surface area contributed by atoms with E-state index in [1.165, 1.54) is 6.42 Å². The first-order valence-electron chi connectivity index (χ1n) is 7.00. The molecule has 0 spiro atoms. The van der Waals surface area contributed by atoms with Crippen LogP contribution in [0, 0.1) is 29.6 Å². The van der Waals surface area contributed by atoms with Crippen LogP contribution in [0.3, 0.4) is 0 Å². The first kappa shape index (κ1) is 12.9. The number of hydrogen-bond donors (Lipinski definition) is 1. The van der Waals surface area contributed by atoms with Crippen LogP contribution in [0.2, 0.25) is 0 Å². The zero-order chi connectivity index (χ0) is 12.4. The van der Waals surface area contributed by atoms with Crippen molar-refractivity contribution < 1.29 is 9.53 Å². The van der Waals surface area contributed by atoms with E-state index in [9.17, 15) is 4.79 Å². The molecule has 0 aliphatic heterocycles. The van der Waals surface area contributed by atoms with Gasteiger partial charge in [0.2, 0.25) is 5.91 Å². The second-order valence-corrected chi connectivity index (χ2v) is 5.71. The highest BCUT2D eigenvalue weighted by Gasteiger charge is 2.50. The van der Waals surface area contributed by atoms with Crippen molar-refractivity contribution in [3.63, 3.8) is 0 Å². The third-order valence-corrected chi connectivity index (χ3v) is 4.98. The second kappa shape index (κ2) is 5.38. The van der Waals surface area contributed by atoms with Gasteiger partial charge in [-0.3, -0.25) is 4.79 Å². The van der Waals surface area contributed by atoms with E-state index in [1.54, 1.807) is 0 Å². The number of amides is 1. The van der Waals surface area contributed by atoms with Gasteiger partial charge in [-0.1, -0.05) is 13.8 Å². The molecular formula is C14H25NO2. The van der Waals surface area contributed by atoms with Crippen LogP contribution < -0.4 is 5.32 Å². The lowest BCUT2D eigenvalue weighted by atomic mass is 9.75. The molecule has 2 aliphatic carbocycles. The number of nitrogens with one attached hydrogen (secondary N) is 1. The third kappa shape index (κ3) is 2.49. The van der Waals surface area contributed by atoms with E-state index in [2.05, 4.69) is 19.2 Å². The van der Waals surface area contributed by atoms with Gasteiger partial charge in [0.05, 0.1) is 6.61 Å². The highest BCUT2D eigenvalue weighted by molar-refractivity contribution is 5.79. The van der Waals surface area contributed by atoms with Crippen LogP contribution in [0.5, 0.6) is 0 Å². The fourth-order valence-electron chi connectivity index (χ4n) is 3.76. The van der Waals surface area contributed by atoms with E-state index in [-0.39, 0.29) is 11.8 Å². The molecule has 0 aromatic rings. The van der Waals surface area contributed by atoms with Crippen molar-refractivity contribution in [1.82, 2.24) is 5.32 Å². The normalized spacial score (nSPS) is 39.6. The van der Waals surface area contributed by atoms with Crippen molar-refractivity contribution in [3.8, 4) is 0 Å². The molecule has 98 valence electrons. The molecule has 2 rings (SSSR count). The average Bonchev–Trinajstić information content (AvgIpc) is 2.86. The summed E-state index contributed by atoms with van der Waals surface area (Å²) >= 11 is 0. The number of hydrogen-bond acceptors (Lipinski definition) is 2. The smallest absolute Gasteiger partial charge is 0.223 e. The Morgan fingerprint density at radius 2 is 2.06 bits per heavy atom. The lowest BCUT2D eigenvalue weighted by Gasteiger charge is -2.30. The van der Waals surface area contributed by atoms with Crippen LogP contribution in [-0.2, 0) is 9.53 Å². The van der Waals surface area contributed by atoms with Gasteiger partial charge in [0, 0.05) is 19.1 Å². The van der Waals surface area contributed by atoms with Crippen LogP contribution >= 0.6 is 0 Å². The summed E-state index contributed by atoms with van der Waals surface area (Å²) in [7, 11) is 0. The van der Waals surface area contributed by atoms with Gasteiger partial charge >= 0.3 is 0 Å². The Kier molecular flexibility index (Phi) is 4.08. The fraction of sp³-hybridized carbons (Fsp3) is 0.929. The van der Waals surface area contributed by atoms with E-state index in [0.717, 1.165) is 30.8 Å². The standard InChI is InChI=1S/C14H25NO2/c1-4-17-6-5-15-14(16)13-8-11-7-12(13)10(3)9(11)2/h9-13H,4-8H2,1-3H3,(H,15,16). The molecule has 5 unspecified atom stereocenters. The number of rotatable bonds is 5. The van der Waals surface area contributed by atoms with E-state index in [0.29, 0.717) is 19.1 Å². The molecule has 3 heteroatoms. The summed E-state index contributed by atoms with van der Waals surface area (Å²) in [6, 6.07) is 0. The minimum atomic E-state index is 0.260. The van der Waals surface area contributed by atoms with Gasteiger partial charge in [-0.25, -0.2) is 0 Å². The SMILES string of the molecule is CCOCCNC(=O)C1CC2CC1C(C)C2C. The van der Waals surface area contributed by atoms with Crippen molar-refractivity contribution in [1.29, 1.82) is 0 Å². The molecule has 2 fully saturated rings. The minimum Gasteiger partial charge on any atom is -0.380 e. The summed E-state index contributed by atoms with van der Waals surface area (Å²) in [4.78, 5) is 12.1. The largest absolute Gasteiger partial charge is 0.380 e. The molecule has 0 heterocycles. The molecule has 1 amide bonds. The minimum absolute atomic E-state index is 0.260. The van der Waals surface area contributed by atoms with E-state index < -0.39 is 0 Å². The predicted molar refractivity (Wildman–Crippen MR) is 67.5 cm³/mol. The van der Waals surface area contributed by atoms with Gasteiger partial charge in [-0.2, -0.15) is 0 Å². The van der Waals surface area contributed by atoms with Gasteiger partial charge in [-0.15, -0.1) is 0 Å². The maximum Gasteiger partial charge on any atom is 0.223 e. The van der Waals surface area contributed by atoms with E-state index >= 15 is 0 Å². The summed E-state index contributed by atoms with van der Waals surface area (Å²) in [5.74, 6) is 3.48. The molecule has 1 N–H and O–H groups in total. The van der Waals surface area contributed by atoms with Crippen molar-refractivity contribution in [2.24, 2.45) is 29.6 Å². The first-order valence-corrected chi connectivity index (χ1v) is 7.00. The lowest BCUT2D eigenvalue weighted by Crippen LogP contribution is -2.38. The Hall–Kier alpha value is -0.570. The molecule has 17 heavy (non-hydrogen) atoms. The third-order valence-electron chi connectivity index (χ3n) is 4.98. The average molecular weight is 239 g/mol. The Morgan fingerprint density at radius 3 is 2.65 bits per heavy atom. The monoisotopic (exact) mass is 239 g/mol. The van der Waals surface area contributed by atoms with Crippen LogP contribution in [0.1, 0.15) is 33.6 Å². The molecule has 3 nitrogen and oxygen atoms in total. The summed E-state index contributed by atoms with van der Waals surface area (Å²) in [6.45, 7) is 8.65.